The first-order chi connectivity index (χ1) is 13.2. The van der Waals surface area contributed by atoms with Crippen molar-refractivity contribution in [1.29, 1.82) is 0 Å². The molecule has 5 nitrogen and oxygen atoms in total. The Balaban J connectivity index is 3.37. The van der Waals surface area contributed by atoms with Crippen LogP contribution in [-0.4, -0.2) is 55.4 Å². The van der Waals surface area contributed by atoms with E-state index in [1.165, 1.54) is 51.4 Å². The summed E-state index contributed by atoms with van der Waals surface area (Å²) >= 11 is 0. The molecule has 0 unspecified atom stereocenters. The quantitative estimate of drug-likeness (QED) is 0.228. The maximum Gasteiger partial charge on any atom is 0.305 e. The van der Waals surface area contributed by atoms with Gasteiger partial charge in [0.25, 0.3) is 0 Å². The maximum absolute atomic E-state index is 11.7. The molecule has 0 atom stereocenters. The van der Waals surface area contributed by atoms with Gasteiger partial charge in [0.1, 0.15) is 0 Å². The van der Waals surface area contributed by atoms with Crippen LogP contribution in [0, 0.1) is 0 Å². The summed E-state index contributed by atoms with van der Waals surface area (Å²) in [5, 5.41) is 8.92. The van der Waals surface area contributed by atoms with Gasteiger partial charge in [-0.3, -0.25) is 4.79 Å². The number of esters is 1. The Morgan fingerprint density at radius 3 is 2.07 bits per heavy atom. The molecule has 0 aliphatic carbocycles. The number of unbranched alkanes of at least 4 members (excludes halogenated alkanes) is 10. The summed E-state index contributed by atoms with van der Waals surface area (Å²) in [4.78, 5) is 14.0. The highest BCUT2D eigenvalue weighted by molar-refractivity contribution is 5.69. The van der Waals surface area contributed by atoms with E-state index >= 15 is 0 Å². The van der Waals surface area contributed by atoms with Crippen molar-refractivity contribution in [2.24, 2.45) is 5.73 Å². The van der Waals surface area contributed by atoms with Gasteiger partial charge in [0.15, 0.2) is 0 Å². The summed E-state index contributed by atoms with van der Waals surface area (Å²) in [6.45, 7) is 6.64. The van der Waals surface area contributed by atoms with Crippen molar-refractivity contribution in [3.8, 4) is 0 Å². The van der Waals surface area contributed by atoms with E-state index in [0.717, 1.165) is 51.7 Å². The molecule has 0 heterocycles. The van der Waals surface area contributed by atoms with Crippen LogP contribution in [0.2, 0.25) is 0 Å². The molecule has 0 aromatic heterocycles. The molecule has 0 aliphatic rings. The Hall–Kier alpha value is -0.650. The van der Waals surface area contributed by atoms with Crippen LogP contribution in [0.25, 0.3) is 0 Å². The van der Waals surface area contributed by atoms with Gasteiger partial charge >= 0.3 is 5.97 Å². The third-order valence-corrected chi connectivity index (χ3v) is 4.94. The lowest BCUT2D eigenvalue weighted by Gasteiger charge is -2.20. The SMILES string of the molecule is CCCCCCCCCOC(=O)CCCCCCCN(CCN)CCCO. The van der Waals surface area contributed by atoms with Crippen molar-refractivity contribution in [1.82, 2.24) is 4.90 Å². The Morgan fingerprint density at radius 1 is 0.815 bits per heavy atom. The van der Waals surface area contributed by atoms with Gasteiger partial charge in [-0.2, -0.15) is 0 Å². The zero-order valence-corrected chi connectivity index (χ0v) is 17.9. The number of ether oxygens (including phenoxy) is 1. The molecule has 0 saturated carbocycles. The Bertz CT molecular complexity index is 314. The average Bonchev–Trinajstić information content (AvgIpc) is 2.67. The molecule has 0 saturated heterocycles. The minimum Gasteiger partial charge on any atom is -0.466 e. The maximum atomic E-state index is 11.7. The number of carbonyl (C=O) groups excluding carboxylic acids is 1. The number of nitrogens with two attached hydrogens (primary N) is 1. The zero-order valence-electron chi connectivity index (χ0n) is 17.9. The van der Waals surface area contributed by atoms with Crippen molar-refractivity contribution >= 4 is 5.97 Å². The normalized spacial score (nSPS) is 11.3. The van der Waals surface area contributed by atoms with Crippen LogP contribution in [0.3, 0.4) is 0 Å². The monoisotopic (exact) mass is 386 g/mol. The van der Waals surface area contributed by atoms with Crippen LogP contribution in [0.1, 0.15) is 96.8 Å². The van der Waals surface area contributed by atoms with Gasteiger partial charge in [-0.25, -0.2) is 0 Å². The molecule has 0 rings (SSSR count). The third kappa shape index (κ3) is 19.9. The van der Waals surface area contributed by atoms with E-state index in [4.69, 9.17) is 15.6 Å². The summed E-state index contributed by atoms with van der Waals surface area (Å²) in [6.07, 6.45) is 15.7. The molecular formula is C22H46N2O3. The lowest BCUT2D eigenvalue weighted by molar-refractivity contribution is -0.143. The van der Waals surface area contributed by atoms with Crippen LogP contribution < -0.4 is 5.73 Å². The fourth-order valence-electron chi connectivity index (χ4n) is 3.26. The van der Waals surface area contributed by atoms with Gasteiger partial charge in [-0.1, -0.05) is 64.7 Å². The Morgan fingerprint density at radius 2 is 1.41 bits per heavy atom. The number of hydrogen-bond donors (Lipinski definition) is 2. The fourth-order valence-corrected chi connectivity index (χ4v) is 3.26. The second-order valence-electron chi connectivity index (χ2n) is 7.57. The van der Waals surface area contributed by atoms with E-state index in [1.54, 1.807) is 0 Å². The highest BCUT2D eigenvalue weighted by Gasteiger charge is 2.04. The molecule has 0 aromatic rings. The van der Waals surface area contributed by atoms with Gasteiger partial charge < -0.3 is 20.5 Å². The number of rotatable bonds is 21. The average molecular weight is 387 g/mol. The highest BCUT2D eigenvalue weighted by atomic mass is 16.5. The standard InChI is InChI=1S/C22H46N2O3/c1-2-3-4-5-6-10-13-21-27-22(26)15-11-8-7-9-12-17-24(19-16-23)18-14-20-25/h25H,2-21,23H2,1H3. The summed E-state index contributed by atoms with van der Waals surface area (Å²) in [5.74, 6) is -0.0286. The molecule has 162 valence electrons. The molecule has 0 fully saturated rings. The fraction of sp³-hybridized carbons (Fsp3) is 0.955. The molecule has 3 N–H and O–H groups in total. The van der Waals surface area contributed by atoms with Gasteiger partial charge in [0, 0.05) is 32.7 Å². The molecular weight excluding hydrogens is 340 g/mol. The zero-order chi connectivity index (χ0) is 20.0. The van der Waals surface area contributed by atoms with Gasteiger partial charge in [-0.05, 0) is 32.2 Å². The van der Waals surface area contributed by atoms with E-state index in [9.17, 15) is 4.79 Å². The van der Waals surface area contributed by atoms with Crippen molar-refractivity contribution in [2.45, 2.75) is 96.8 Å². The number of nitrogens with zero attached hydrogens (tertiary/aromatic N) is 1. The molecule has 0 aliphatic heterocycles. The van der Waals surface area contributed by atoms with Crippen LogP contribution in [-0.2, 0) is 9.53 Å². The number of carbonyl (C=O) groups is 1. The van der Waals surface area contributed by atoms with E-state index in [2.05, 4.69) is 11.8 Å². The van der Waals surface area contributed by atoms with E-state index in [1.807, 2.05) is 0 Å². The van der Waals surface area contributed by atoms with Gasteiger partial charge in [0.05, 0.1) is 6.61 Å². The van der Waals surface area contributed by atoms with Crippen molar-refractivity contribution in [3.63, 3.8) is 0 Å². The summed E-state index contributed by atoms with van der Waals surface area (Å²) in [6, 6.07) is 0. The lowest BCUT2D eigenvalue weighted by atomic mass is 10.1. The summed E-state index contributed by atoms with van der Waals surface area (Å²) in [7, 11) is 0. The van der Waals surface area contributed by atoms with Crippen LogP contribution in [0.4, 0.5) is 0 Å². The van der Waals surface area contributed by atoms with E-state index in [0.29, 0.717) is 19.6 Å². The predicted molar refractivity (Wildman–Crippen MR) is 114 cm³/mol. The number of aliphatic hydroxyl groups excluding tert-OH is 1. The molecule has 0 bridgehead atoms. The molecule has 0 amide bonds. The second kappa shape index (κ2) is 21.6. The number of hydrogen-bond acceptors (Lipinski definition) is 5. The Labute approximate surface area is 168 Å². The van der Waals surface area contributed by atoms with Crippen LogP contribution in [0.5, 0.6) is 0 Å². The lowest BCUT2D eigenvalue weighted by Crippen LogP contribution is -2.31. The number of aliphatic hydroxyl groups is 1. The van der Waals surface area contributed by atoms with Crippen LogP contribution >= 0.6 is 0 Å². The van der Waals surface area contributed by atoms with Gasteiger partial charge in [-0.15, -0.1) is 0 Å². The van der Waals surface area contributed by atoms with Crippen LogP contribution in [0.15, 0.2) is 0 Å². The van der Waals surface area contributed by atoms with Crippen molar-refractivity contribution in [2.75, 3.05) is 39.4 Å². The molecule has 0 radical (unpaired) electrons. The largest absolute Gasteiger partial charge is 0.466 e. The highest BCUT2D eigenvalue weighted by Crippen LogP contribution is 2.09. The first-order valence-corrected chi connectivity index (χ1v) is 11.4. The minimum absolute atomic E-state index is 0.0286. The predicted octanol–water partition coefficient (Wildman–Crippen LogP) is 4.26. The van der Waals surface area contributed by atoms with Gasteiger partial charge in [0.2, 0.25) is 0 Å². The van der Waals surface area contributed by atoms with Crippen molar-refractivity contribution < 1.29 is 14.6 Å². The molecule has 0 spiro atoms. The Kier molecular flexibility index (Phi) is 21.1. The molecule has 27 heavy (non-hydrogen) atoms. The molecule has 5 heteroatoms. The third-order valence-electron chi connectivity index (χ3n) is 4.94. The topological polar surface area (TPSA) is 75.8 Å². The summed E-state index contributed by atoms with van der Waals surface area (Å²) in [5.41, 5.74) is 5.63. The van der Waals surface area contributed by atoms with E-state index in [-0.39, 0.29) is 12.6 Å². The van der Waals surface area contributed by atoms with Crippen molar-refractivity contribution in [3.05, 3.63) is 0 Å². The molecule has 0 aromatic carbocycles. The first kappa shape index (κ1) is 26.4. The second-order valence-corrected chi connectivity index (χ2v) is 7.57. The minimum atomic E-state index is -0.0286. The van der Waals surface area contributed by atoms with E-state index < -0.39 is 0 Å². The summed E-state index contributed by atoms with van der Waals surface area (Å²) < 4.78 is 5.32. The smallest absolute Gasteiger partial charge is 0.305 e. The first-order valence-electron chi connectivity index (χ1n) is 11.4.